The van der Waals surface area contributed by atoms with Gasteiger partial charge in [-0.15, -0.1) is 4.40 Å². The summed E-state index contributed by atoms with van der Waals surface area (Å²) in [6.07, 6.45) is 0. The van der Waals surface area contributed by atoms with Crippen molar-refractivity contribution < 1.29 is 13.2 Å². The van der Waals surface area contributed by atoms with E-state index in [-0.39, 0.29) is 17.3 Å². The van der Waals surface area contributed by atoms with Gasteiger partial charge < -0.3 is 10.6 Å². The second-order valence-corrected chi connectivity index (χ2v) is 7.48. The Morgan fingerprint density at radius 1 is 1.40 bits per heavy atom. The van der Waals surface area contributed by atoms with Crippen molar-refractivity contribution in [2.45, 2.75) is 16.2 Å². The van der Waals surface area contributed by atoms with Crippen molar-refractivity contribution in [1.82, 2.24) is 5.32 Å². The van der Waals surface area contributed by atoms with Gasteiger partial charge in [0.05, 0.1) is 12.2 Å². The van der Waals surface area contributed by atoms with E-state index in [0.29, 0.717) is 5.69 Å². The number of hydrogen-bond donors (Lipinski definition) is 2. The number of carbonyl (C=O) groups excluding carboxylic acids is 1. The number of nitrogens with zero attached hydrogens (tertiary/aromatic N) is 1. The van der Waals surface area contributed by atoms with Gasteiger partial charge in [-0.3, -0.25) is 4.79 Å². The van der Waals surface area contributed by atoms with Crippen LogP contribution in [0.15, 0.2) is 33.6 Å². The molecule has 2 N–H and O–H groups in total. The summed E-state index contributed by atoms with van der Waals surface area (Å²) < 4.78 is 25.9. The Morgan fingerprint density at radius 2 is 2.05 bits per heavy atom. The van der Waals surface area contributed by atoms with Crippen LogP contribution in [0.4, 0.5) is 5.69 Å². The van der Waals surface area contributed by atoms with Crippen LogP contribution < -0.4 is 10.6 Å². The minimum absolute atomic E-state index is 0.0922. The summed E-state index contributed by atoms with van der Waals surface area (Å²) in [7, 11) is -3.77. The molecule has 6 nitrogen and oxygen atoms in total. The fraction of sp³-hybridized carbons (Fsp3) is 0.273. The van der Waals surface area contributed by atoms with Crippen LogP contribution in [0.5, 0.6) is 0 Å². The highest BCUT2D eigenvalue weighted by Crippen LogP contribution is 2.26. The number of para-hydroxylation sites is 1. The molecule has 108 valence electrons. The molecule has 2 rings (SSSR count). The zero-order valence-corrected chi connectivity index (χ0v) is 12.7. The first-order valence-electron chi connectivity index (χ1n) is 5.56. The summed E-state index contributed by atoms with van der Waals surface area (Å²) in [5.41, 5.74) is 0.409. The first kappa shape index (κ1) is 15.1. The highest BCUT2D eigenvalue weighted by atomic mass is 35.5. The molecule has 0 unspecified atom stereocenters. The van der Waals surface area contributed by atoms with Gasteiger partial charge in [-0.05, 0) is 19.1 Å². The van der Waals surface area contributed by atoms with Crippen molar-refractivity contribution in [3.63, 3.8) is 0 Å². The average molecular weight is 336 g/mol. The molecule has 1 heterocycles. The van der Waals surface area contributed by atoms with Gasteiger partial charge in [0.2, 0.25) is 0 Å². The molecule has 0 bridgehead atoms. The summed E-state index contributed by atoms with van der Waals surface area (Å²) in [4.78, 5) is 11.6. The van der Waals surface area contributed by atoms with E-state index >= 15 is 0 Å². The highest BCUT2D eigenvalue weighted by Gasteiger charge is 2.29. The lowest BCUT2D eigenvalue weighted by molar-refractivity contribution is -0.121. The number of halogens is 2. The molecule has 0 radical (unpaired) electrons. The van der Waals surface area contributed by atoms with E-state index in [9.17, 15) is 13.2 Å². The Morgan fingerprint density at radius 3 is 2.70 bits per heavy atom. The standard InChI is InChI=1S/C11H11Cl2N3O3S/c1-11(12,13)10(17)14-6-9-15-7-4-2-3-5-8(7)20(18,19)16-9/h2-5H,6H2,1H3,(H,14,17)(H,15,16). The molecule has 1 amide bonds. The summed E-state index contributed by atoms with van der Waals surface area (Å²) in [6, 6.07) is 6.35. The van der Waals surface area contributed by atoms with E-state index < -0.39 is 20.3 Å². The molecule has 0 spiro atoms. The molecule has 9 heteroatoms. The lowest BCUT2D eigenvalue weighted by Gasteiger charge is -2.19. The summed E-state index contributed by atoms with van der Waals surface area (Å²) in [6.45, 7) is 1.19. The maximum Gasteiger partial charge on any atom is 0.286 e. The predicted octanol–water partition coefficient (Wildman–Crippen LogP) is 1.51. The molecule has 0 aliphatic carbocycles. The van der Waals surface area contributed by atoms with Gasteiger partial charge in [0.15, 0.2) is 4.33 Å². The Bertz CT molecular complexity index is 680. The normalized spacial score (nSPS) is 16.6. The topological polar surface area (TPSA) is 87.6 Å². The van der Waals surface area contributed by atoms with E-state index in [1.807, 2.05) is 0 Å². The number of anilines is 1. The molecule has 0 saturated heterocycles. The maximum atomic E-state index is 11.9. The third-order valence-corrected chi connectivity index (χ3v) is 4.21. The molecular formula is C11H11Cl2N3O3S. The minimum atomic E-state index is -3.77. The fourth-order valence-electron chi connectivity index (χ4n) is 1.56. The van der Waals surface area contributed by atoms with Gasteiger partial charge in [0, 0.05) is 0 Å². The smallest absolute Gasteiger partial charge is 0.286 e. The SMILES string of the molecule is CC(Cl)(Cl)C(=O)NCC1=NS(=O)(=O)c2ccccc2N1. The van der Waals surface area contributed by atoms with E-state index in [4.69, 9.17) is 23.2 Å². The molecule has 0 aromatic heterocycles. The molecule has 1 aliphatic rings. The van der Waals surface area contributed by atoms with Crippen molar-refractivity contribution in [2.75, 3.05) is 11.9 Å². The predicted molar refractivity (Wildman–Crippen MR) is 77.8 cm³/mol. The largest absolute Gasteiger partial charge is 0.346 e. The van der Waals surface area contributed by atoms with E-state index in [1.54, 1.807) is 18.2 Å². The Kier molecular flexibility index (Phi) is 3.95. The van der Waals surface area contributed by atoms with E-state index in [1.165, 1.54) is 13.0 Å². The zero-order valence-electron chi connectivity index (χ0n) is 10.4. The molecule has 1 aromatic rings. The number of alkyl halides is 2. The van der Waals surface area contributed by atoms with Crippen molar-refractivity contribution >= 4 is 50.7 Å². The second-order valence-electron chi connectivity index (χ2n) is 4.21. The monoisotopic (exact) mass is 335 g/mol. The number of nitrogens with one attached hydrogen (secondary N) is 2. The second kappa shape index (κ2) is 5.23. The van der Waals surface area contributed by atoms with Crippen molar-refractivity contribution in [1.29, 1.82) is 0 Å². The number of sulfonamides is 1. The van der Waals surface area contributed by atoms with Crippen LogP contribution in [0, 0.1) is 0 Å². The van der Waals surface area contributed by atoms with Crippen LogP contribution in [0.25, 0.3) is 0 Å². The zero-order chi connectivity index (χ0) is 15.0. The number of benzene rings is 1. The highest BCUT2D eigenvalue weighted by molar-refractivity contribution is 7.90. The summed E-state index contributed by atoms with van der Waals surface area (Å²) in [5, 5.41) is 5.23. The number of fused-ring (bicyclic) bond motifs is 1. The van der Waals surface area contributed by atoms with E-state index in [0.717, 1.165) is 0 Å². The third-order valence-electron chi connectivity index (χ3n) is 2.49. The number of carbonyl (C=O) groups is 1. The molecule has 1 aliphatic heterocycles. The first-order chi connectivity index (χ1) is 9.20. The van der Waals surface area contributed by atoms with Gasteiger partial charge in [0.1, 0.15) is 10.7 Å². The molecule has 0 atom stereocenters. The minimum Gasteiger partial charge on any atom is -0.346 e. The lowest BCUT2D eigenvalue weighted by Crippen LogP contribution is -2.41. The van der Waals surface area contributed by atoms with Gasteiger partial charge in [-0.2, -0.15) is 8.42 Å². The van der Waals surface area contributed by atoms with Crippen molar-refractivity contribution in [3.05, 3.63) is 24.3 Å². The number of amidine groups is 1. The summed E-state index contributed by atoms with van der Waals surface area (Å²) >= 11 is 11.2. The van der Waals surface area contributed by atoms with E-state index in [2.05, 4.69) is 15.0 Å². The number of rotatable bonds is 3. The Balaban J connectivity index is 2.17. The quantitative estimate of drug-likeness (QED) is 0.819. The fourth-order valence-corrected chi connectivity index (χ4v) is 2.84. The van der Waals surface area contributed by atoms with Crippen LogP contribution in [-0.4, -0.2) is 31.0 Å². The van der Waals surface area contributed by atoms with Gasteiger partial charge in [-0.25, -0.2) is 0 Å². The van der Waals surface area contributed by atoms with Crippen LogP contribution in [0.2, 0.25) is 0 Å². The van der Waals surface area contributed by atoms with Crippen LogP contribution in [-0.2, 0) is 14.8 Å². The van der Waals surface area contributed by atoms with Crippen LogP contribution in [0.3, 0.4) is 0 Å². The number of hydrogen-bond acceptors (Lipinski definition) is 4. The third kappa shape index (κ3) is 3.23. The number of amides is 1. The molecule has 0 fully saturated rings. The molecule has 0 saturated carbocycles. The van der Waals surface area contributed by atoms with Crippen LogP contribution >= 0.6 is 23.2 Å². The van der Waals surface area contributed by atoms with Crippen molar-refractivity contribution in [2.24, 2.45) is 4.40 Å². The first-order valence-corrected chi connectivity index (χ1v) is 7.76. The molecular weight excluding hydrogens is 325 g/mol. The molecule has 1 aromatic carbocycles. The van der Waals surface area contributed by atoms with Crippen LogP contribution in [0.1, 0.15) is 6.92 Å². The van der Waals surface area contributed by atoms with Gasteiger partial charge >= 0.3 is 0 Å². The maximum absolute atomic E-state index is 11.9. The lowest BCUT2D eigenvalue weighted by atomic mass is 10.3. The summed E-state index contributed by atoms with van der Waals surface area (Å²) in [5.74, 6) is -0.545. The van der Waals surface area contributed by atoms with Gasteiger partial charge in [0.25, 0.3) is 15.9 Å². The Hall–Kier alpha value is -1.31. The van der Waals surface area contributed by atoms with Gasteiger partial charge in [-0.1, -0.05) is 35.3 Å². The van der Waals surface area contributed by atoms with Crippen molar-refractivity contribution in [3.8, 4) is 0 Å². The molecule has 20 heavy (non-hydrogen) atoms. The average Bonchev–Trinajstić information content (AvgIpc) is 2.34. The Labute approximate surface area is 126 Å².